The van der Waals surface area contributed by atoms with Crippen molar-refractivity contribution in [2.45, 2.75) is 57.3 Å². The van der Waals surface area contributed by atoms with Gasteiger partial charge in [0.05, 0.1) is 12.5 Å². The zero-order chi connectivity index (χ0) is 26.7. The molecule has 0 saturated heterocycles. The molecule has 12 nitrogen and oxygen atoms in total. The van der Waals surface area contributed by atoms with Gasteiger partial charge >= 0.3 is 11.9 Å². The molecular formula is C22H32N4O8S. The maximum atomic E-state index is 12.9. The Hall–Kier alpha value is -3.32. The molecule has 1 aromatic carbocycles. The average Bonchev–Trinajstić information content (AvgIpc) is 2.76. The number of nitrogens with two attached hydrogens (primary N) is 1. The highest BCUT2D eigenvalue weighted by Crippen LogP contribution is 2.12. The minimum absolute atomic E-state index is 0.0261. The molecule has 0 saturated carbocycles. The Morgan fingerprint density at radius 3 is 1.89 bits per heavy atom. The van der Waals surface area contributed by atoms with Gasteiger partial charge in [-0.15, -0.1) is 0 Å². The number of carboxylic acids is 2. The molecule has 0 radical (unpaired) electrons. The van der Waals surface area contributed by atoms with Crippen molar-refractivity contribution < 1.29 is 39.3 Å². The average molecular weight is 513 g/mol. The van der Waals surface area contributed by atoms with Crippen LogP contribution in [0.1, 0.15) is 32.3 Å². The Labute approximate surface area is 208 Å². The summed E-state index contributed by atoms with van der Waals surface area (Å²) in [4.78, 5) is 60.4. The van der Waals surface area contributed by atoms with E-state index in [9.17, 15) is 34.2 Å². The lowest BCUT2D eigenvalue weighted by Crippen LogP contribution is -2.58. The molecule has 8 N–H and O–H groups in total. The first kappa shape index (κ1) is 29.7. The lowest BCUT2D eigenvalue weighted by molar-refractivity contribution is -0.147. The number of rotatable bonds is 14. The van der Waals surface area contributed by atoms with Crippen LogP contribution in [-0.4, -0.2) is 74.9 Å². The van der Waals surface area contributed by atoms with Crippen molar-refractivity contribution in [3.05, 3.63) is 29.8 Å². The zero-order valence-electron chi connectivity index (χ0n) is 19.4. The zero-order valence-corrected chi connectivity index (χ0v) is 20.3. The second-order valence-corrected chi connectivity index (χ2v) is 8.77. The monoisotopic (exact) mass is 512 g/mol. The molecule has 194 valence electrons. The van der Waals surface area contributed by atoms with Gasteiger partial charge in [-0.25, -0.2) is 4.79 Å². The number of aromatic hydroxyl groups is 1. The topological polar surface area (TPSA) is 208 Å². The maximum absolute atomic E-state index is 12.9. The Morgan fingerprint density at radius 2 is 1.40 bits per heavy atom. The van der Waals surface area contributed by atoms with Gasteiger partial charge in [-0.1, -0.05) is 26.0 Å². The van der Waals surface area contributed by atoms with Crippen LogP contribution in [0.15, 0.2) is 24.3 Å². The minimum atomic E-state index is -1.73. The minimum Gasteiger partial charge on any atom is -0.508 e. The van der Waals surface area contributed by atoms with Gasteiger partial charge in [0.2, 0.25) is 17.7 Å². The van der Waals surface area contributed by atoms with E-state index >= 15 is 0 Å². The summed E-state index contributed by atoms with van der Waals surface area (Å²) in [5.74, 6) is -5.28. The summed E-state index contributed by atoms with van der Waals surface area (Å²) in [6.45, 7) is 3.77. The highest BCUT2D eigenvalue weighted by molar-refractivity contribution is 7.80. The number of amides is 3. The van der Waals surface area contributed by atoms with Crippen LogP contribution in [0.4, 0.5) is 0 Å². The molecule has 1 aromatic rings. The molecule has 0 aliphatic rings. The molecule has 4 unspecified atom stereocenters. The molecule has 13 heteroatoms. The van der Waals surface area contributed by atoms with E-state index in [1.54, 1.807) is 0 Å². The molecule has 0 fully saturated rings. The summed E-state index contributed by atoms with van der Waals surface area (Å²) in [6, 6.07) is 0.668. The van der Waals surface area contributed by atoms with E-state index in [0.29, 0.717) is 12.0 Å². The molecule has 4 atom stereocenters. The molecule has 3 amide bonds. The highest BCUT2D eigenvalue weighted by Gasteiger charge is 2.31. The quantitative estimate of drug-likeness (QED) is 0.147. The number of carbonyl (C=O) groups excluding carboxylic acids is 3. The molecule has 0 bridgehead atoms. The fourth-order valence-corrected chi connectivity index (χ4v) is 3.34. The molecule has 0 aromatic heterocycles. The van der Waals surface area contributed by atoms with Crippen LogP contribution in [0.25, 0.3) is 0 Å². The third-order valence-corrected chi connectivity index (χ3v) is 5.25. The predicted molar refractivity (Wildman–Crippen MR) is 129 cm³/mol. The number of phenolic OH excluding ortho intramolecular Hbond substituents is 1. The Bertz CT molecular complexity index is 909. The maximum Gasteiger partial charge on any atom is 0.326 e. The molecule has 1 rings (SSSR count). The first-order valence-electron chi connectivity index (χ1n) is 10.8. The van der Waals surface area contributed by atoms with Crippen LogP contribution in [0, 0.1) is 5.92 Å². The molecule has 0 aliphatic carbocycles. The number of aliphatic carboxylic acids is 2. The van der Waals surface area contributed by atoms with E-state index in [2.05, 4.69) is 28.6 Å². The van der Waals surface area contributed by atoms with Crippen molar-refractivity contribution in [2.75, 3.05) is 5.75 Å². The van der Waals surface area contributed by atoms with Gasteiger partial charge in [-0.05, 0) is 30.0 Å². The summed E-state index contributed by atoms with van der Waals surface area (Å²) >= 11 is 4.08. The number of carbonyl (C=O) groups is 5. The molecular weight excluding hydrogens is 480 g/mol. The Balaban J connectivity index is 3.06. The van der Waals surface area contributed by atoms with Crippen LogP contribution in [0.2, 0.25) is 0 Å². The van der Waals surface area contributed by atoms with E-state index < -0.39 is 60.2 Å². The number of thiol groups is 1. The number of benzene rings is 1. The first-order chi connectivity index (χ1) is 16.3. The first-order valence-corrected chi connectivity index (χ1v) is 11.5. The SMILES string of the molecule is CC(C)CC(N)C(=O)NC(CS)C(=O)NC(Cc1ccc(O)cc1)C(=O)NC(CC(=O)O)C(=O)O. The van der Waals surface area contributed by atoms with Crippen molar-refractivity contribution in [1.82, 2.24) is 16.0 Å². The second kappa shape index (κ2) is 14.2. The summed E-state index contributed by atoms with van der Waals surface area (Å²) < 4.78 is 0. The number of hydrogen-bond acceptors (Lipinski definition) is 8. The molecule has 0 aliphatic heterocycles. The Morgan fingerprint density at radius 1 is 0.886 bits per heavy atom. The summed E-state index contributed by atoms with van der Waals surface area (Å²) in [7, 11) is 0. The van der Waals surface area contributed by atoms with E-state index in [0.717, 1.165) is 0 Å². The normalized spacial score (nSPS) is 14.3. The smallest absolute Gasteiger partial charge is 0.326 e. The summed E-state index contributed by atoms with van der Waals surface area (Å²) in [5, 5.41) is 34.7. The van der Waals surface area contributed by atoms with E-state index in [-0.39, 0.29) is 23.8 Å². The fourth-order valence-electron chi connectivity index (χ4n) is 3.08. The largest absolute Gasteiger partial charge is 0.508 e. The van der Waals surface area contributed by atoms with Gasteiger partial charge in [0.15, 0.2) is 0 Å². The van der Waals surface area contributed by atoms with Crippen molar-refractivity contribution in [3.63, 3.8) is 0 Å². The second-order valence-electron chi connectivity index (χ2n) is 8.41. The number of phenols is 1. The van der Waals surface area contributed by atoms with Crippen molar-refractivity contribution in [2.24, 2.45) is 11.7 Å². The van der Waals surface area contributed by atoms with Gasteiger partial charge in [0.1, 0.15) is 23.9 Å². The molecule has 0 heterocycles. The number of hydrogen-bond donors (Lipinski definition) is 8. The summed E-state index contributed by atoms with van der Waals surface area (Å²) in [5.41, 5.74) is 6.36. The van der Waals surface area contributed by atoms with Crippen LogP contribution < -0.4 is 21.7 Å². The van der Waals surface area contributed by atoms with Crippen LogP contribution in [0.3, 0.4) is 0 Å². The lowest BCUT2D eigenvalue weighted by atomic mass is 10.0. The van der Waals surface area contributed by atoms with E-state index in [4.69, 9.17) is 10.8 Å². The highest BCUT2D eigenvalue weighted by atomic mass is 32.1. The van der Waals surface area contributed by atoms with Gasteiger partial charge in [-0.2, -0.15) is 12.6 Å². The van der Waals surface area contributed by atoms with Crippen molar-refractivity contribution in [1.29, 1.82) is 0 Å². The van der Waals surface area contributed by atoms with Gasteiger partial charge in [0, 0.05) is 12.2 Å². The summed E-state index contributed by atoms with van der Waals surface area (Å²) in [6.07, 6.45) is -0.597. The third-order valence-electron chi connectivity index (χ3n) is 4.88. The number of nitrogens with one attached hydrogen (secondary N) is 3. The van der Waals surface area contributed by atoms with Crippen molar-refractivity contribution >= 4 is 42.3 Å². The predicted octanol–water partition coefficient (Wildman–Crippen LogP) is -0.748. The van der Waals surface area contributed by atoms with Gasteiger partial charge < -0.3 is 37.0 Å². The van der Waals surface area contributed by atoms with E-state index in [1.165, 1.54) is 24.3 Å². The third kappa shape index (κ3) is 10.6. The van der Waals surface area contributed by atoms with Crippen LogP contribution >= 0.6 is 12.6 Å². The number of carboxylic acid groups (broad SMARTS) is 2. The van der Waals surface area contributed by atoms with Crippen LogP contribution in [-0.2, 0) is 30.4 Å². The van der Waals surface area contributed by atoms with Crippen molar-refractivity contribution in [3.8, 4) is 5.75 Å². The lowest BCUT2D eigenvalue weighted by Gasteiger charge is -2.24. The molecule has 0 spiro atoms. The fraction of sp³-hybridized carbons (Fsp3) is 0.500. The van der Waals surface area contributed by atoms with Gasteiger partial charge in [-0.3, -0.25) is 19.2 Å². The van der Waals surface area contributed by atoms with Gasteiger partial charge in [0.25, 0.3) is 0 Å². The standard InChI is InChI=1S/C22H32N4O8S/c1-11(2)7-14(23)19(30)26-17(10-35)21(32)24-15(8-12-3-5-13(27)6-4-12)20(31)25-16(22(33)34)9-18(28)29/h3-6,11,14-17,27,35H,7-10,23H2,1-2H3,(H,24,32)(H,25,31)(H,26,30)(H,28,29)(H,33,34). The molecule has 35 heavy (non-hydrogen) atoms. The van der Waals surface area contributed by atoms with Crippen LogP contribution in [0.5, 0.6) is 5.75 Å². The van der Waals surface area contributed by atoms with E-state index in [1.807, 2.05) is 13.8 Å². The Kier molecular flexibility index (Phi) is 12.0.